The molecule has 2 heterocycles. The summed E-state index contributed by atoms with van der Waals surface area (Å²) in [5, 5.41) is 0. The third-order valence-corrected chi connectivity index (χ3v) is 6.39. The molecule has 1 fully saturated rings. The zero-order chi connectivity index (χ0) is 22.8. The van der Waals surface area contributed by atoms with Crippen molar-refractivity contribution in [3.63, 3.8) is 0 Å². The molecule has 0 atom stereocenters. The Bertz CT molecular complexity index is 1290. The molecule has 0 N–H and O–H groups in total. The highest BCUT2D eigenvalue weighted by Crippen LogP contribution is 2.36. The van der Waals surface area contributed by atoms with Crippen molar-refractivity contribution in [2.24, 2.45) is 7.05 Å². The SMILES string of the molecule is C=CCOc1ccc(/C=C2\SC(=S)N(c3c(C)n(C)n(-c4ccccc4)c3=O)C2=O)cc1. The van der Waals surface area contributed by atoms with Gasteiger partial charge in [0.1, 0.15) is 18.0 Å². The fraction of sp³-hybridized carbons (Fsp3) is 0.125. The molecular weight excluding hydrogens is 442 g/mol. The number of carbonyl (C=O) groups excluding carboxylic acids is 1. The van der Waals surface area contributed by atoms with Gasteiger partial charge < -0.3 is 4.74 Å². The van der Waals surface area contributed by atoms with Crippen LogP contribution in [0, 0.1) is 6.92 Å². The number of nitrogens with zero attached hydrogens (tertiary/aromatic N) is 3. The van der Waals surface area contributed by atoms with Crippen molar-refractivity contribution in [1.82, 2.24) is 9.36 Å². The Balaban J connectivity index is 1.68. The molecule has 8 heteroatoms. The van der Waals surface area contributed by atoms with Gasteiger partial charge in [-0.25, -0.2) is 4.68 Å². The molecule has 1 aliphatic rings. The third-order valence-electron chi connectivity index (χ3n) is 5.09. The van der Waals surface area contributed by atoms with Crippen LogP contribution in [-0.2, 0) is 11.8 Å². The number of hydrogen-bond acceptors (Lipinski definition) is 5. The van der Waals surface area contributed by atoms with E-state index in [9.17, 15) is 9.59 Å². The standard InChI is InChI=1S/C24H21N3O3S2/c1-4-14-30-19-12-10-17(11-13-19)15-20-22(28)26(24(31)32-20)21-16(2)25(3)27(23(21)29)18-8-6-5-7-9-18/h4-13,15H,1,14H2,2-3H3/b20-15-. The topological polar surface area (TPSA) is 56.5 Å². The van der Waals surface area contributed by atoms with Crippen LogP contribution in [-0.4, -0.2) is 26.2 Å². The van der Waals surface area contributed by atoms with Gasteiger partial charge in [0.25, 0.3) is 11.5 Å². The van der Waals surface area contributed by atoms with Crippen LogP contribution in [0.15, 0.2) is 77.0 Å². The second-order valence-electron chi connectivity index (χ2n) is 7.10. The summed E-state index contributed by atoms with van der Waals surface area (Å²) < 4.78 is 9.09. The minimum absolute atomic E-state index is 0.274. The van der Waals surface area contributed by atoms with E-state index in [-0.39, 0.29) is 17.2 Å². The Kier molecular flexibility index (Phi) is 6.16. The zero-order valence-electron chi connectivity index (χ0n) is 17.6. The van der Waals surface area contributed by atoms with E-state index >= 15 is 0 Å². The van der Waals surface area contributed by atoms with Gasteiger partial charge in [0.05, 0.1) is 16.3 Å². The second-order valence-corrected chi connectivity index (χ2v) is 8.77. The fourth-order valence-electron chi connectivity index (χ4n) is 3.44. The smallest absolute Gasteiger partial charge is 0.296 e. The first-order valence-electron chi connectivity index (χ1n) is 9.88. The summed E-state index contributed by atoms with van der Waals surface area (Å²) in [6.45, 7) is 5.86. The van der Waals surface area contributed by atoms with E-state index in [1.807, 2.05) is 54.6 Å². The molecule has 0 saturated carbocycles. The number of thioether (sulfide) groups is 1. The molecule has 4 rings (SSSR count). The van der Waals surface area contributed by atoms with Crippen LogP contribution in [0.1, 0.15) is 11.3 Å². The highest BCUT2D eigenvalue weighted by Gasteiger charge is 2.37. The molecule has 0 spiro atoms. The number of para-hydroxylation sites is 1. The lowest BCUT2D eigenvalue weighted by Gasteiger charge is -2.12. The molecule has 0 unspecified atom stereocenters. The van der Waals surface area contributed by atoms with Gasteiger partial charge in [-0.1, -0.05) is 67.0 Å². The molecule has 162 valence electrons. The maximum atomic E-state index is 13.3. The average molecular weight is 464 g/mol. The van der Waals surface area contributed by atoms with Crippen molar-refractivity contribution in [3.05, 3.63) is 93.8 Å². The Morgan fingerprint density at radius 1 is 1.09 bits per heavy atom. The first kappa shape index (κ1) is 21.9. The van der Waals surface area contributed by atoms with E-state index in [4.69, 9.17) is 17.0 Å². The number of ether oxygens (including phenoxy) is 1. The van der Waals surface area contributed by atoms with Gasteiger partial charge >= 0.3 is 0 Å². The monoisotopic (exact) mass is 463 g/mol. The molecular formula is C24H21N3O3S2. The number of benzene rings is 2. The molecule has 32 heavy (non-hydrogen) atoms. The third kappa shape index (κ3) is 3.94. The van der Waals surface area contributed by atoms with Gasteiger partial charge in [-0.15, -0.1) is 0 Å². The summed E-state index contributed by atoms with van der Waals surface area (Å²) in [5.74, 6) is 0.411. The number of hydrogen-bond donors (Lipinski definition) is 0. The molecule has 1 saturated heterocycles. The van der Waals surface area contributed by atoms with Crippen molar-refractivity contribution in [1.29, 1.82) is 0 Å². The predicted molar refractivity (Wildman–Crippen MR) is 134 cm³/mol. The molecule has 1 aromatic heterocycles. The lowest BCUT2D eigenvalue weighted by molar-refractivity contribution is -0.113. The molecule has 0 radical (unpaired) electrons. The fourth-order valence-corrected chi connectivity index (χ4v) is 4.71. The second kappa shape index (κ2) is 9.02. The summed E-state index contributed by atoms with van der Waals surface area (Å²) in [4.78, 5) is 28.4. The lowest BCUT2D eigenvalue weighted by Crippen LogP contribution is -2.33. The predicted octanol–water partition coefficient (Wildman–Crippen LogP) is 4.46. The van der Waals surface area contributed by atoms with E-state index in [0.717, 1.165) is 11.3 Å². The average Bonchev–Trinajstić information content (AvgIpc) is 3.19. The van der Waals surface area contributed by atoms with Crippen LogP contribution >= 0.6 is 24.0 Å². The summed E-state index contributed by atoms with van der Waals surface area (Å²) in [7, 11) is 1.79. The Labute approximate surface area is 195 Å². The first-order chi connectivity index (χ1) is 15.4. The van der Waals surface area contributed by atoms with Crippen LogP contribution in [0.2, 0.25) is 0 Å². The summed E-state index contributed by atoms with van der Waals surface area (Å²) in [5.41, 5.74) is 2.19. The van der Waals surface area contributed by atoms with Gasteiger partial charge in [-0.05, 0) is 42.8 Å². The maximum Gasteiger partial charge on any atom is 0.296 e. The largest absolute Gasteiger partial charge is 0.490 e. The van der Waals surface area contributed by atoms with Crippen LogP contribution in [0.25, 0.3) is 11.8 Å². The van der Waals surface area contributed by atoms with E-state index in [2.05, 4.69) is 6.58 Å². The van der Waals surface area contributed by atoms with E-state index in [1.54, 1.807) is 30.8 Å². The van der Waals surface area contributed by atoms with Crippen LogP contribution < -0.4 is 15.2 Å². The van der Waals surface area contributed by atoms with Crippen LogP contribution in [0.4, 0.5) is 5.69 Å². The van der Waals surface area contributed by atoms with Crippen molar-refractivity contribution < 1.29 is 9.53 Å². The molecule has 1 amide bonds. The number of rotatable bonds is 6. The minimum Gasteiger partial charge on any atom is -0.490 e. The quantitative estimate of drug-likeness (QED) is 0.307. The van der Waals surface area contributed by atoms with E-state index in [0.29, 0.717) is 27.2 Å². The Morgan fingerprint density at radius 3 is 2.44 bits per heavy atom. The zero-order valence-corrected chi connectivity index (χ0v) is 19.3. The summed E-state index contributed by atoms with van der Waals surface area (Å²) in [6, 6.07) is 16.7. The van der Waals surface area contributed by atoms with Gasteiger partial charge in [-0.2, -0.15) is 0 Å². The molecule has 1 aliphatic heterocycles. The lowest BCUT2D eigenvalue weighted by atomic mass is 10.2. The van der Waals surface area contributed by atoms with Gasteiger partial charge in [-0.3, -0.25) is 19.2 Å². The highest BCUT2D eigenvalue weighted by molar-refractivity contribution is 8.27. The number of carbonyl (C=O) groups is 1. The number of anilines is 1. The van der Waals surface area contributed by atoms with Gasteiger partial charge in [0, 0.05) is 7.05 Å². The summed E-state index contributed by atoms with van der Waals surface area (Å²) in [6.07, 6.45) is 3.45. The molecule has 0 bridgehead atoms. The number of thiocarbonyl (C=S) groups is 1. The van der Waals surface area contributed by atoms with Crippen molar-refractivity contribution in [2.45, 2.75) is 6.92 Å². The van der Waals surface area contributed by atoms with Gasteiger partial charge in [0.15, 0.2) is 4.32 Å². The van der Waals surface area contributed by atoms with Gasteiger partial charge in [0.2, 0.25) is 0 Å². The van der Waals surface area contributed by atoms with Crippen LogP contribution in [0.5, 0.6) is 5.75 Å². The van der Waals surface area contributed by atoms with Crippen LogP contribution in [0.3, 0.4) is 0 Å². The molecule has 3 aromatic rings. The maximum absolute atomic E-state index is 13.3. The van der Waals surface area contributed by atoms with E-state index in [1.165, 1.54) is 21.3 Å². The Hall–Kier alpha value is -3.36. The number of aromatic nitrogens is 2. The minimum atomic E-state index is -0.307. The molecule has 6 nitrogen and oxygen atoms in total. The normalized spacial score (nSPS) is 14.9. The first-order valence-corrected chi connectivity index (χ1v) is 11.1. The molecule has 0 aliphatic carbocycles. The number of amides is 1. The highest BCUT2D eigenvalue weighted by atomic mass is 32.2. The van der Waals surface area contributed by atoms with Crippen molar-refractivity contribution in [2.75, 3.05) is 11.5 Å². The van der Waals surface area contributed by atoms with Crippen molar-refractivity contribution >= 4 is 46.0 Å². The Morgan fingerprint density at radius 2 is 1.78 bits per heavy atom. The van der Waals surface area contributed by atoms with Crippen molar-refractivity contribution in [3.8, 4) is 11.4 Å². The summed E-state index contributed by atoms with van der Waals surface area (Å²) >= 11 is 6.68. The van der Waals surface area contributed by atoms with E-state index < -0.39 is 0 Å². The molecule has 2 aromatic carbocycles.